The summed E-state index contributed by atoms with van der Waals surface area (Å²) in [5.41, 5.74) is -0.550. The third-order valence-electron chi connectivity index (χ3n) is 5.51. The molecule has 34 heavy (non-hydrogen) atoms. The standard InChI is InChI=1S/C24H30FN3O5S/c1-23(2,3)33-22(30)26-13-14-27-34(31,32)20-10-5-9-19(16-20)28-21(29)24(11-6-12-24)17-7-4-8-18(25)15-17/h4-5,7-10,15-16,27H,6,11-14H2,1-3H3,(H,26,30)(H,28,29). The van der Waals surface area contributed by atoms with E-state index in [1.165, 1.54) is 30.3 Å². The van der Waals surface area contributed by atoms with Crippen LogP contribution in [0.15, 0.2) is 53.4 Å². The van der Waals surface area contributed by atoms with E-state index in [1.54, 1.807) is 39.0 Å². The summed E-state index contributed by atoms with van der Waals surface area (Å²) in [5, 5.41) is 5.27. The normalized spacial score (nSPS) is 15.2. The van der Waals surface area contributed by atoms with Crippen LogP contribution in [-0.4, -0.2) is 39.1 Å². The second kappa shape index (κ2) is 10.1. The van der Waals surface area contributed by atoms with Crippen molar-refractivity contribution in [3.8, 4) is 0 Å². The first-order valence-corrected chi connectivity index (χ1v) is 12.5. The van der Waals surface area contributed by atoms with E-state index in [-0.39, 0.29) is 23.9 Å². The monoisotopic (exact) mass is 491 g/mol. The highest BCUT2D eigenvalue weighted by atomic mass is 32.2. The van der Waals surface area contributed by atoms with Gasteiger partial charge in [-0.15, -0.1) is 0 Å². The molecule has 0 aliphatic heterocycles. The number of ether oxygens (including phenoxy) is 1. The summed E-state index contributed by atoms with van der Waals surface area (Å²) in [7, 11) is -3.88. The van der Waals surface area contributed by atoms with E-state index >= 15 is 0 Å². The van der Waals surface area contributed by atoms with Gasteiger partial charge in [0.2, 0.25) is 15.9 Å². The van der Waals surface area contributed by atoms with Crippen LogP contribution in [0.25, 0.3) is 0 Å². The number of hydrogen-bond acceptors (Lipinski definition) is 5. The molecule has 3 N–H and O–H groups in total. The van der Waals surface area contributed by atoms with Gasteiger partial charge in [-0.2, -0.15) is 0 Å². The number of carbonyl (C=O) groups is 2. The van der Waals surface area contributed by atoms with Crippen molar-refractivity contribution < 1.29 is 27.1 Å². The van der Waals surface area contributed by atoms with E-state index in [0.29, 0.717) is 24.1 Å². The average Bonchev–Trinajstić information content (AvgIpc) is 2.69. The maximum atomic E-state index is 13.7. The molecule has 10 heteroatoms. The second-order valence-electron chi connectivity index (χ2n) is 9.25. The number of amides is 2. The fourth-order valence-electron chi connectivity index (χ4n) is 3.70. The van der Waals surface area contributed by atoms with E-state index in [1.807, 2.05) is 0 Å². The van der Waals surface area contributed by atoms with Crippen LogP contribution >= 0.6 is 0 Å². The number of alkyl carbamates (subject to hydrolysis) is 1. The van der Waals surface area contributed by atoms with Crippen molar-refractivity contribution in [3.63, 3.8) is 0 Å². The minimum atomic E-state index is -3.88. The van der Waals surface area contributed by atoms with Gasteiger partial charge in [0.25, 0.3) is 0 Å². The van der Waals surface area contributed by atoms with Gasteiger partial charge in [0.15, 0.2) is 0 Å². The van der Waals surface area contributed by atoms with Crippen LogP contribution in [0.5, 0.6) is 0 Å². The Kier molecular flexibility index (Phi) is 7.62. The molecule has 184 valence electrons. The van der Waals surface area contributed by atoms with Gasteiger partial charge in [0.05, 0.1) is 10.3 Å². The minimum Gasteiger partial charge on any atom is -0.444 e. The van der Waals surface area contributed by atoms with Crippen LogP contribution in [0.4, 0.5) is 14.9 Å². The minimum absolute atomic E-state index is 0.0315. The van der Waals surface area contributed by atoms with Crippen LogP contribution in [0.2, 0.25) is 0 Å². The number of benzene rings is 2. The fraction of sp³-hybridized carbons (Fsp3) is 0.417. The molecule has 1 aliphatic carbocycles. The first-order valence-electron chi connectivity index (χ1n) is 11.1. The summed E-state index contributed by atoms with van der Waals surface area (Å²) in [4.78, 5) is 24.7. The van der Waals surface area contributed by atoms with Crippen molar-refractivity contribution in [2.45, 2.75) is 55.9 Å². The average molecular weight is 492 g/mol. The van der Waals surface area contributed by atoms with Gasteiger partial charge in [-0.25, -0.2) is 22.3 Å². The predicted octanol–water partition coefficient (Wildman–Crippen LogP) is 3.69. The third-order valence-corrected chi connectivity index (χ3v) is 6.97. The van der Waals surface area contributed by atoms with Crippen molar-refractivity contribution in [2.24, 2.45) is 0 Å². The smallest absolute Gasteiger partial charge is 0.407 e. The molecule has 0 saturated heterocycles. The van der Waals surface area contributed by atoms with E-state index in [2.05, 4.69) is 15.4 Å². The van der Waals surface area contributed by atoms with E-state index in [9.17, 15) is 22.4 Å². The fourth-order valence-corrected chi connectivity index (χ4v) is 4.78. The first kappa shape index (κ1) is 25.6. The molecule has 0 unspecified atom stereocenters. The van der Waals surface area contributed by atoms with Crippen LogP contribution in [0, 0.1) is 5.82 Å². The summed E-state index contributed by atoms with van der Waals surface area (Å²) < 4.78 is 46.6. The van der Waals surface area contributed by atoms with Gasteiger partial charge in [0, 0.05) is 18.8 Å². The SMILES string of the molecule is CC(C)(C)OC(=O)NCCNS(=O)(=O)c1cccc(NC(=O)C2(c3cccc(F)c3)CCC2)c1. The zero-order chi connectivity index (χ0) is 25.0. The molecule has 2 aromatic rings. The molecule has 1 saturated carbocycles. The second-order valence-corrected chi connectivity index (χ2v) is 11.0. The third kappa shape index (κ3) is 6.32. The number of rotatable bonds is 8. The van der Waals surface area contributed by atoms with Crippen molar-refractivity contribution >= 4 is 27.7 Å². The maximum Gasteiger partial charge on any atom is 0.407 e. The zero-order valence-electron chi connectivity index (χ0n) is 19.5. The zero-order valence-corrected chi connectivity index (χ0v) is 20.3. The largest absolute Gasteiger partial charge is 0.444 e. The maximum absolute atomic E-state index is 13.7. The number of sulfonamides is 1. The lowest BCUT2D eigenvalue weighted by Gasteiger charge is -2.40. The Hall–Kier alpha value is -2.98. The van der Waals surface area contributed by atoms with Gasteiger partial charge in [0.1, 0.15) is 11.4 Å². The van der Waals surface area contributed by atoms with Crippen molar-refractivity contribution in [1.82, 2.24) is 10.0 Å². The number of halogens is 1. The molecule has 0 bridgehead atoms. The Morgan fingerprint density at radius 2 is 1.76 bits per heavy atom. The summed E-state index contributed by atoms with van der Waals surface area (Å²) in [6.07, 6.45) is 1.39. The predicted molar refractivity (Wildman–Crippen MR) is 126 cm³/mol. The molecule has 0 radical (unpaired) electrons. The Morgan fingerprint density at radius 1 is 1.06 bits per heavy atom. The lowest BCUT2D eigenvalue weighted by Crippen LogP contribution is -2.46. The molecule has 0 spiro atoms. The van der Waals surface area contributed by atoms with Gasteiger partial charge in [-0.1, -0.05) is 24.6 Å². The molecule has 1 fully saturated rings. The molecule has 1 aliphatic rings. The van der Waals surface area contributed by atoms with Crippen molar-refractivity contribution in [2.75, 3.05) is 18.4 Å². The molecule has 0 heterocycles. The summed E-state index contributed by atoms with van der Waals surface area (Å²) >= 11 is 0. The molecule has 0 aromatic heterocycles. The molecule has 3 rings (SSSR count). The Labute approximate surface area is 199 Å². The number of nitrogens with one attached hydrogen (secondary N) is 3. The summed E-state index contributed by atoms with van der Waals surface area (Å²) in [5.74, 6) is -0.703. The molecule has 0 atom stereocenters. The van der Waals surface area contributed by atoms with E-state index in [0.717, 1.165) is 6.42 Å². The highest BCUT2D eigenvalue weighted by Gasteiger charge is 2.45. The molecule has 2 amide bonds. The Balaban J connectivity index is 1.62. The topological polar surface area (TPSA) is 114 Å². The first-order chi connectivity index (χ1) is 15.9. The lowest BCUT2D eigenvalue weighted by atomic mass is 9.63. The Morgan fingerprint density at radius 3 is 2.38 bits per heavy atom. The van der Waals surface area contributed by atoms with Crippen LogP contribution < -0.4 is 15.4 Å². The number of carbonyl (C=O) groups excluding carboxylic acids is 2. The van der Waals surface area contributed by atoms with Crippen molar-refractivity contribution in [1.29, 1.82) is 0 Å². The molecule has 2 aromatic carbocycles. The highest BCUT2D eigenvalue weighted by molar-refractivity contribution is 7.89. The quantitative estimate of drug-likeness (QED) is 0.488. The summed E-state index contributed by atoms with van der Waals surface area (Å²) in [6.45, 7) is 5.19. The van der Waals surface area contributed by atoms with Gasteiger partial charge >= 0.3 is 6.09 Å². The van der Waals surface area contributed by atoms with Gasteiger partial charge in [-0.3, -0.25) is 4.79 Å². The Bertz CT molecular complexity index is 1160. The van der Waals surface area contributed by atoms with Crippen molar-refractivity contribution in [3.05, 3.63) is 59.9 Å². The van der Waals surface area contributed by atoms with Crippen LogP contribution in [0.3, 0.4) is 0 Å². The van der Waals surface area contributed by atoms with Crippen LogP contribution in [0.1, 0.15) is 45.6 Å². The molecular weight excluding hydrogens is 461 g/mol. The highest BCUT2D eigenvalue weighted by Crippen LogP contribution is 2.44. The lowest BCUT2D eigenvalue weighted by molar-refractivity contribution is -0.124. The molecular formula is C24H30FN3O5S. The summed E-state index contributed by atoms with van der Waals surface area (Å²) in [6, 6.07) is 11.9. The van der Waals surface area contributed by atoms with Gasteiger partial charge < -0.3 is 15.4 Å². The van der Waals surface area contributed by atoms with E-state index in [4.69, 9.17) is 4.74 Å². The van der Waals surface area contributed by atoms with Gasteiger partial charge in [-0.05, 0) is 69.5 Å². The number of hydrogen-bond donors (Lipinski definition) is 3. The molecule has 8 nitrogen and oxygen atoms in total. The number of anilines is 1. The van der Waals surface area contributed by atoms with E-state index < -0.39 is 32.9 Å². The van der Waals surface area contributed by atoms with Crippen LogP contribution in [-0.2, 0) is 25.0 Å².